The van der Waals surface area contributed by atoms with E-state index in [1.807, 2.05) is 11.9 Å². The highest BCUT2D eigenvalue weighted by Gasteiger charge is 2.29. The highest BCUT2D eigenvalue weighted by atomic mass is 16.2. The van der Waals surface area contributed by atoms with E-state index in [-0.39, 0.29) is 5.91 Å². The van der Waals surface area contributed by atoms with Gasteiger partial charge in [-0.15, -0.1) is 0 Å². The van der Waals surface area contributed by atoms with E-state index in [0.29, 0.717) is 18.3 Å². The van der Waals surface area contributed by atoms with Gasteiger partial charge >= 0.3 is 0 Å². The van der Waals surface area contributed by atoms with Gasteiger partial charge < -0.3 is 10.2 Å². The van der Waals surface area contributed by atoms with Gasteiger partial charge in [0, 0.05) is 26.1 Å². The van der Waals surface area contributed by atoms with Crippen LogP contribution in [0, 0.1) is 5.92 Å². The van der Waals surface area contributed by atoms with Crippen molar-refractivity contribution in [1.29, 1.82) is 0 Å². The van der Waals surface area contributed by atoms with Gasteiger partial charge in [-0.05, 0) is 30.9 Å². The fourth-order valence-corrected chi connectivity index (χ4v) is 2.96. The predicted molar refractivity (Wildman–Crippen MR) is 78.1 cm³/mol. The van der Waals surface area contributed by atoms with E-state index in [2.05, 4.69) is 42.6 Å². The summed E-state index contributed by atoms with van der Waals surface area (Å²) in [6.07, 6.45) is 1.69. The summed E-state index contributed by atoms with van der Waals surface area (Å²) in [6.45, 7) is 4.82. The Morgan fingerprint density at radius 1 is 1.37 bits per heavy atom. The number of amides is 1. The largest absolute Gasteiger partial charge is 0.342 e. The third kappa shape index (κ3) is 3.57. The van der Waals surface area contributed by atoms with Gasteiger partial charge in [0.25, 0.3) is 0 Å². The SMILES string of the molecule is CNCCC(=O)N1CCC(c2ccccc2)C(C)C1. The number of nitrogens with one attached hydrogen (secondary N) is 1. The lowest BCUT2D eigenvalue weighted by Crippen LogP contribution is -2.42. The van der Waals surface area contributed by atoms with Crippen LogP contribution < -0.4 is 5.32 Å². The van der Waals surface area contributed by atoms with Crippen molar-refractivity contribution in [3.8, 4) is 0 Å². The van der Waals surface area contributed by atoms with E-state index in [4.69, 9.17) is 0 Å². The third-order valence-corrected chi connectivity index (χ3v) is 4.07. The molecule has 2 atom stereocenters. The van der Waals surface area contributed by atoms with Crippen LogP contribution >= 0.6 is 0 Å². The Balaban J connectivity index is 1.93. The summed E-state index contributed by atoms with van der Waals surface area (Å²) < 4.78 is 0. The Morgan fingerprint density at radius 2 is 2.11 bits per heavy atom. The zero-order valence-corrected chi connectivity index (χ0v) is 11.9. The summed E-state index contributed by atoms with van der Waals surface area (Å²) in [7, 11) is 1.89. The summed E-state index contributed by atoms with van der Waals surface area (Å²) in [4.78, 5) is 14.1. The van der Waals surface area contributed by atoms with Gasteiger partial charge in [-0.3, -0.25) is 4.79 Å². The maximum atomic E-state index is 12.0. The van der Waals surface area contributed by atoms with Crippen LogP contribution in [0.15, 0.2) is 30.3 Å². The van der Waals surface area contributed by atoms with Gasteiger partial charge in [-0.25, -0.2) is 0 Å². The van der Waals surface area contributed by atoms with E-state index >= 15 is 0 Å². The van der Waals surface area contributed by atoms with Crippen molar-refractivity contribution in [1.82, 2.24) is 10.2 Å². The minimum Gasteiger partial charge on any atom is -0.342 e. The fraction of sp³-hybridized carbons (Fsp3) is 0.562. The molecule has 1 fully saturated rings. The van der Waals surface area contributed by atoms with Gasteiger partial charge in [-0.2, -0.15) is 0 Å². The molecule has 1 heterocycles. The summed E-state index contributed by atoms with van der Waals surface area (Å²) in [5, 5.41) is 3.04. The maximum absolute atomic E-state index is 12.0. The van der Waals surface area contributed by atoms with Gasteiger partial charge in [-0.1, -0.05) is 37.3 Å². The Morgan fingerprint density at radius 3 is 2.74 bits per heavy atom. The van der Waals surface area contributed by atoms with E-state index in [0.717, 1.165) is 26.1 Å². The lowest BCUT2D eigenvalue weighted by molar-refractivity contribution is -0.133. The van der Waals surface area contributed by atoms with Crippen LogP contribution in [0.4, 0.5) is 0 Å². The third-order valence-electron chi connectivity index (χ3n) is 4.07. The van der Waals surface area contributed by atoms with Crippen LogP contribution in [-0.2, 0) is 4.79 Å². The van der Waals surface area contributed by atoms with Crippen LogP contribution in [-0.4, -0.2) is 37.5 Å². The molecule has 2 rings (SSSR count). The molecule has 1 N–H and O–H groups in total. The Kier molecular flexibility index (Phi) is 4.97. The number of hydrogen-bond acceptors (Lipinski definition) is 2. The molecule has 1 saturated heterocycles. The molecule has 0 aromatic heterocycles. The lowest BCUT2D eigenvalue weighted by Gasteiger charge is -2.37. The predicted octanol–water partition coefficient (Wildman–Crippen LogP) is 2.25. The first-order valence-corrected chi connectivity index (χ1v) is 7.19. The zero-order chi connectivity index (χ0) is 13.7. The molecule has 1 aromatic rings. The highest BCUT2D eigenvalue weighted by Crippen LogP contribution is 2.32. The van der Waals surface area contributed by atoms with Crippen molar-refractivity contribution in [3.63, 3.8) is 0 Å². The topological polar surface area (TPSA) is 32.3 Å². The molecule has 0 bridgehead atoms. The van der Waals surface area contributed by atoms with Crippen LogP contribution in [0.5, 0.6) is 0 Å². The van der Waals surface area contributed by atoms with Gasteiger partial charge in [0.2, 0.25) is 5.91 Å². The number of hydrogen-bond donors (Lipinski definition) is 1. The second-order valence-electron chi connectivity index (χ2n) is 5.48. The van der Waals surface area contributed by atoms with Crippen molar-refractivity contribution < 1.29 is 4.79 Å². The molecule has 1 aromatic carbocycles. The normalized spacial score (nSPS) is 23.4. The molecule has 1 amide bonds. The van der Waals surface area contributed by atoms with Crippen LogP contribution in [0.25, 0.3) is 0 Å². The van der Waals surface area contributed by atoms with Crippen LogP contribution in [0.3, 0.4) is 0 Å². The maximum Gasteiger partial charge on any atom is 0.223 e. The number of likely N-dealkylation sites (tertiary alicyclic amines) is 1. The molecule has 1 aliphatic heterocycles. The number of carbonyl (C=O) groups is 1. The molecule has 0 saturated carbocycles. The lowest BCUT2D eigenvalue weighted by atomic mass is 9.81. The number of benzene rings is 1. The first-order chi connectivity index (χ1) is 9.22. The fourth-order valence-electron chi connectivity index (χ4n) is 2.96. The molecular weight excluding hydrogens is 236 g/mol. The molecule has 2 unspecified atom stereocenters. The van der Waals surface area contributed by atoms with E-state index in [1.54, 1.807) is 0 Å². The second-order valence-corrected chi connectivity index (χ2v) is 5.48. The standard InChI is InChI=1S/C16H24N2O/c1-13-12-18(16(19)8-10-17-2)11-9-15(13)14-6-4-3-5-7-14/h3-7,13,15,17H,8-12H2,1-2H3. The van der Waals surface area contributed by atoms with E-state index in [9.17, 15) is 4.79 Å². The number of rotatable bonds is 4. The Labute approximate surface area is 116 Å². The van der Waals surface area contributed by atoms with Crippen molar-refractivity contribution in [2.75, 3.05) is 26.7 Å². The van der Waals surface area contributed by atoms with Gasteiger partial charge in [0.1, 0.15) is 0 Å². The molecule has 19 heavy (non-hydrogen) atoms. The van der Waals surface area contributed by atoms with Crippen molar-refractivity contribution in [2.24, 2.45) is 5.92 Å². The van der Waals surface area contributed by atoms with Crippen molar-refractivity contribution in [2.45, 2.75) is 25.7 Å². The molecule has 0 spiro atoms. The molecule has 3 heteroatoms. The minimum absolute atomic E-state index is 0.285. The average Bonchev–Trinajstić information content (AvgIpc) is 2.45. The first kappa shape index (κ1) is 14.1. The minimum atomic E-state index is 0.285. The first-order valence-electron chi connectivity index (χ1n) is 7.19. The smallest absolute Gasteiger partial charge is 0.223 e. The van der Waals surface area contributed by atoms with Crippen molar-refractivity contribution in [3.05, 3.63) is 35.9 Å². The van der Waals surface area contributed by atoms with Crippen molar-refractivity contribution >= 4 is 5.91 Å². The average molecular weight is 260 g/mol. The zero-order valence-electron chi connectivity index (χ0n) is 11.9. The number of nitrogens with zero attached hydrogens (tertiary/aromatic N) is 1. The molecule has 104 valence electrons. The number of piperidine rings is 1. The molecular formula is C16H24N2O. The van der Waals surface area contributed by atoms with Gasteiger partial charge in [0.05, 0.1) is 0 Å². The summed E-state index contributed by atoms with van der Waals surface area (Å²) in [6, 6.07) is 10.7. The Bertz CT molecular complexity index is 404. The summed E-state index contributed by atoms with van der Waals surface area (Å²) in [5.74, 6) is 1.41. The summed E-state index contributed by atoms with van der Waals surface area (Å²) in [5.41, 5.74) is 1.41. The van der Waals surface area contributed by atoms with Gasteiger partial charge in [0.15, 0.2) is 0 Å². The molecule has 0 aliphatic carbocycles. The quantitative estimate of drug-likeness (QED) is 0.900. The highest BCUT2D eigenvalue weighted by molar-refractivity contribution is 5.76. The monoisotopic (exact) mass is 260 g/mol. The van der Waals surface area contributed by atoms with Crippen LogP contribution in [0.1, 0.15) is 31.2 Å². The molecule has 3 nitrogen and oxygen atoms in total. The summed E-state index contributed by atoms with van der Waals surface area (Å²) >= 11 is 0. The molecule has 0 radical (unpaired) electrons. The number of carbonyl (C=O) groups excluding carboxylic acids is 1. The molecule has 1 aliphatic rings. The Hall–Kier alpha value is -1.35. The van der Waals surface area contributed by atoms with E-state index < -0.39 is 0 Å². The van der Waals surface area contributed by atoms with E-state index in [1.165, 1.54) is 5.56 Å². The second kappa shape index (κ2) is 6.71. The van der Waals surface area contributed by atoms with Crippen LogP contribution in [0.2, 0.25) is 0 Å².